The van der Waals surface area contributed by atoms with Crippen molar-refractivity contribution >= 4 is 21.6 Å². The molecule has 0 saturated heterocycles. The van der Waals surface area contributed by atoms with Gasteiger partial charge in [0.2, 0.25) is 0 Å². The van der Waals surface area contributed by atoms with Gasteiger partial charge in [0, 0.05) is 22.3 Å². The van der Waals surface area contributed by atoms with Crippen LogP contribution in [0.3, 0.4) is 0 Å². The Kier molecular flexibility index (Phi) is 5.36. The molecule has 100 valence electrons. The maximum Gasteiger partial charge on any atom is 0.128 e. The lowest BCUT2D eigenvalue weighted by atomic mass is 10.2. The largest absolute Gasteiger partial charge is 0.383 e. The minimum Gasteiger partial charge on any atom is -0.383 e. The third kappa shape index (κ3) is 4.65. The molecule has 0 fully saturated rings. The molecule has 2 rings (SSSR count). The predicted octanol–water partition coefficient (Wildman–Crippen LogP) is 4.22. The number of ether oxygens (including phenoxy) is 1. The van der Waals surface area contributed by atoms with Crippen molar-refractivity contribution in [2.75, 3.05) is 18.5 Å². The van der Waals surface area contributed by atoms with Crippen molar-refractivity contribution in [3.05, 3.63) is 64.4 Å². The van der Waals surface area contributed by atoms with Gasteiger partial charge in [-0.25, -0.2) is 4.39 Å². The number of halogens is 2. The number of rotatable bonds is 6. The second-order valence-corrected chi connectivity index (χ2v) is 4.99. The Morgan fingerprint density at radius 1 is 1.05 bits per heavy atom. The Bertz CT molecular complexity index is 516. The summed E-state index contributed by atoms with van der Waals surface area (Å²) >= 11 is 3.38. The third-order valence-corrected chi connectivity index (χ3v) is 3.16. The molecule has 0 amide bonds. The second kappa shape index (κ2) is 7.26. The van der Waals surface area contributed by atoms with Gasteiger partial charge in [-0.05, 0) is 30.3 Å². The summed E-state index contributed by atoms with van der Waals surface area (Å²) in [6.45, 7) is 1.52. The summed E-state index contributed by atoms with van der Waals surface area (Å²) in [5.41, 5.74) is 1.63. The minimum atomic E-state index is -0.219. The molecule has 0 radical (unpaired) electrons. The van der Waals surface area contributed by atoms with E-state index < -0.39 is 0 Å². The maximum absolute atomic E-state index is 13.3. The van der Waals surface area contributed by atoms with E-state index in [1.54, 1.807) is 12.1 Å². The Hall–Kier alpha value is -1.39. The van der Waals surface area contributed by atoms with Crippen LogP contribution in [0.25, 0.3) is 0 Å². The first-order valence-electron chi connectivity index (χ1n) is 6.06. The van der Waals surface area contributed by atoms with Crippen LogP contribution in [-0.2, 0) is 11.3 Å². The van der Waals surface area contributed by atoms with Crippen LogP contribution in [0.15, 0.2) is 53.0 Å². The summed E-state index contributed by atoms with van der Waals surface area (Å²) in [7, 11) is 0. The van der Waals surface area contributed by atoms with Gasteiger partial charge in [0.1, 0.15) is 5.82 Å². The van der Waals surface area contributed by atoms with E-state index >= 15 is 0 Å². The monoisotopic (exact) mass is 323 g/mol. The average molecular weight is 324 g/mol. The molecule has 0 heterocycles. The van der Waals surface area contributed by atoms with Crippen molar-refractivity contribution in [1.82, 2.24) is 0 Å². The quantitative estimate of drug-likeness (QED) is 0.804. The average Bonchev–Trinajstić information content (AvgIpc) is 2.42. The smallest absolute Gasteiger partial charge is 0.128 e. The molecule has 0 spiro atoms. The molecule has 0 aliphatic rings. The van der Waals surface area contributed by atoms with Crippen LogP contribution in [0.5, 0.6) is 0 Å². The van der Waals surface area contributed by atoms with E-state index in [4.69, 9.17) is 4.74 Å². The lowest BCUT2D eigenvalue weighted by Crippen LogP contribution is -2.09. The number of benzene rings is 2. The number of nitrogens with one attached hydrogen (secondary N) is 1. The first-order chi connectivity index (χ1) is 9.25. The van der Waals surface area contributed by atoms with Gasteiger partial charge in [0.15, 0.2) is 0 Å². The zero-order chi connectivity index (χ0) is 13.5. The van der Waals surface area contributed by atoms with E-state index in [0.29, 0.717) is 25.3 Å². The van der Waals surface area contributed by atoms with Crippen LogP contribution < -0.4 is 5.32 Å². The minimum absolute atomic E-state index is 0.219. The molecule has 0 saturated carbocycles. The van der Waals surface area contributed by atoms with Crippen molar-refractivity contribution in [1.29, 1.82) is 0 Å². The molecular weight excluding hydrogens is 309 g/mol. The van der Waals surface area contributed by atoms with Gasteiger partial charge in [-0.15, -0.1) is 0 Å². The lowest BCUT2D eigenvalue weighted by Gasteiger charge is -2.08. The summed E-state index contributed by atoms with van der Waals surface area (Å²) < 4.78 is 19.8. The van der Waals surface area contributed by atoms with Crippen LogP contribution in [0.2, 0.25) is 0 Å². The SMILES string of the molecule is Fc1ccccc1COCCNc1ccc(Br)cc1. The highest BCUT2D eigenvalue weighted by Gasteiger charge is 1.99. The lowest BCUT2D eigenvalue weighted by molar-refractivity contribution is 0.128. The van der Waals surface area contributed by atoms with E-state index in [9.17, 15) is 4.39 Å². The molecule has 0 aromatic heterocycles. The molecule has 2 aromatic rings. The fraction of sp³-hybridized carbons (Fsp3) is 0.200. The molecular formula is C15H15BrFNO. The Balaban J connectivity index is 1.67. The summed E-state index contributed by atoms with van der Waals surface area (Å²) in [6, 6.07) is 14.6. The van der Waals surface area contributed by atoms with Gasteiger partial charge in [0.05, 0.1) is 13.2 Å². The topological polar surface area (TPSA) is 21.3 Å². The first-order valence-corrected chi connectivity index (χ1v) is 6.85. The molecule has 0 unspecified atom stereocenters. The molecule has 19 heavy (non-hydrogen) atoms. The zero-order valence-corrected chi connectivity index (χ0v) is 12.0. The third-order valence-electron chi connectivity index (χ3n) is 2.64. The summed E-state index contributed by atoms with van der Waals surface area (Å²) in [4.78, 5) is 0. The summed E-state index contributed by atoms with van der Waals surface area (Å²) in [5, 5.41) is 3.23. The van der Waals surface area contributed by atoms with Gasteiger partial charge in [-0.2, -0.15) is 0 Å². The van der Waals surface area contributed by atoms with Gasteiger partial charge >= 0.3 is 0 Å². The van der Waals surface area contributed by atoms with E-state index in [-0.39, 0.29) is 5.82 Å². The Morgan fingerprint density at radius 3 is 2.53 bits per heavy atom. The van der Waals surface area contributed by atoms with Crippen molar-refractivity contribution in [3.8, 4) is 0 Å². The van der Waals surface area contributed by atoms with Crippen molar-refractivity contribution in [2.45, 2.75) is 6.61 Å². The van der Waals surface area contributed by atoms with Gasteiger partial charge in [-0.3, -0.25) is 0 Å². The van der Waals surface area contributed by atoms with Crippen LogP contribution in [0, 0.1) is 5.82 Å². The molecule has 2 aromatic carbocycles. The van der Waals surface area contributed by atoms with Crippen molar-refractivity contribution < 1.29 is 9.13 Å². The molecule has 1 N–H and O–H groups in total. The molecule has 4 heteroatoms. The first kappa shape index (κ1) is 14.0. The second-order valence-electron chi connectivity index (χ2n) is 4.08. The molecule has 0 aliphatic heterocycles. The molecule has 0 atom stereocenters. The van der Waals surface area contributed by atoms with E-state index in [2.05, 4.69) is 21.2 Å². The summed E-state index contributed by atoms with van der Waals surface area (Å²) in [6.07, 6.45) is 0. The van der Waals surface area contributed by atoms with Crippen molar-refractivity contribution in [3.63, 3.8) is 0 Å². The normalized spacial score (nSPS) is 10.4. The van der Waals surface area contributed by atoms with Crippen LogP contribution in [0.1, 0.15) is 5.56 Å². The Labute approximate surface area is 120 Å². The molecule has 2 nitrogen and oxygen atoms in total. The van der Waals surface area contributed by atoms with Gasteiger partial charge < -0.3 is 10.1 Å². The van der Waals surface area contributed by atoms with Gasteiger partial charge in [-0.1, -0.05) is 34.1 Å². The number of hydrogen-bond donors (Lipinski definition) is 1. The fourth-order valence-electron chi connectivity index (χ4n) is 1.63. The predicted molar refractivity (Wildman–Crippen MR) is 78.7 cm³/mol. The van der Waals surface area contributed by atoms with Gasteiger partial charge in [0.25, 0.3) is 0 Å². The van der Waals surface area contributed by atoms with Crippen molar-refractivity contribution in [2.24, 2.45) is 0 Å². The zero-order valence-electron chi connectivity index (χ0n) is 10.4. The van der Waals surface area contributed by atoms with E-state index in [1.165, 1.54) is 6.07 Å². The van der Waals surface area contributed by atoms with Crippen LogP contribution in [-0.4, -0.2) is 13.2 Å². The standard InChI is InChI=1S/C15H15BrFNO/c16-13-5-7-14(8-6-13)18-9-10-19-11-12-3-1-2-4-15(12)17/h1-8,18H,9-11H2. The molecule has 0 aliphatic carbocycles. The van der Waals surface area contributed by atoms with E-state index in [0.717, 1.165) is 10.2 Å². The number of hydrogen-bond acceptors (Lipinski definition) is 2. The number of anilines is 1. The Morgan fingerprint density at radius 2 is 1.79 bits per heavy atom. The fourth-order valence-corrected chi connectivity index (χ4v) is 1.90. The van der Waals surface area contributed by atoms with E-state index in [1.807, 2.05) is 30.3 Å². The van der Waals surface area contributed by atoms with Crippen LogP contribution in [0.4, 0.5) is 10.1 Å². The highest BCUT2D eigenvalue weighted by Crippen LogP contribution is 2.13. The maximum atomic E-state index is 13.3. The highest BCUT2D eigenvalue weighted by molar-refractivity contribution is 9.10. The van der Waals surface area contributed by atoms with Crippen LogP contribution >= 0.6 is 15.9 Å². The summed E-state index contributed by atoms with van der Waals surface area (Å²) in [5.74, 6) is -0.219. The highest BCUT2D eigenvalue weighted by atomic mass is 79.9. The molecule has 0 bridgehead atoms.